The summed E-state index contributed by atoms with van der Waals surface area (Å²) in [5.41, 5.74) is 2.12. The molecule has 136 valence electrons. The summed E-state index contributed by atoms with van der Waals surface area (Å²) in [5.74, 6) is -2.88. The van der Waals surface area contributed by atoms with Crippen LogP contribution in [0.3, 0.4) is 0 Å². The third-order valence-electron chi connectivity index (χ3n) is 3.38. The van der Waals surface area contributed by atoms with E-state index in [-0.39, 0.29) is 28.1 Å². The molecule has 0 aliphatic heterocycles. The molecule has 1 aromatic carbocycles. The predicted molar refractivity (Wildman–Crippen MR) is 97.0 cm³/mol. The number of nitrogens with one attached hydrogen (secondary N) is 2. The van der Waals surface area contributed by atoms with E-state index in [4.69, 9.17) is 12.7 Å². The predicted octanol–water partition coefficient (Wildman–Crippen LogP) is 2.97. The van der Waals surface area contributed by atoms with Crippen LogP contribution >= 0.6 is 0 Å². The second-order valence-corrected chi connectivity index (χ2v) is 6.97. The molecular formula is C18H20BF2N3O2. The molecule has 2 radical (unpaired) electrons. The number of hydrogen-bond donors (Lipinski definition) is 2. The van der Waals surface area contributed by atoms with Crippen molar-refractivity contribution in [2.24, 2.45) is 0 Å². The molecule has 2 N–H and O–H groups in total. The molecule has 26 heavy (non-hydrogen) atoms. The van der Waals surface area contributed by atoms with E-state index in [1.807, 2.05) is 0 Å². The number of amides is 1. The Kier molecular flexibility index (Phi) is 5.66. The highest BCUT2D eigenvalue weighted by atomic mass is 19.2. The molecule has 2 aromatic rings. The van der Waals surface area contributed by atoms with Crippen molar-refractivity contribution in [2.75, 3.05) is 5.32 Å². The van der Waals surface area contributed by atoms with Gasteiger partial charge in [0.1, 0.15) is 13.7 Å². The average molecular weight is 359 g/mol. The van der Waals surface area contributed by atoms with E-state index in [1.165, 1.54) is 19.2 Å². The SMILES string of the molecule is [B]c1cc(C)cnc1Nc1c(C(=O)NOC(C)(C)C)cc(C)c(F)c1F. The third kappa shape index (κ3) is 4.57. The van der Waals surface area contributed by atoms with Crippen LogP contribution in [0.5, 0.6) is 0 Å². The van der Waals surface area contributed by atoms with Crippen molar-refractivity contribution in [1.82, 2.24) is 10.5 Å². The van der Waals surface area contributed by atoms with Crippen LogP contribution in [0, 0.1) is 25.5 Å². The first-order valence-electron chi connectivity index (χ1n) is 7.95. The minimum Gasteiger partial charge on any atom is -0.338 e. The Labute approximate surface area is 152 Å². The maximum Gasteiger partial charge on any atom is 0.277 e. The number of aryl methyl sites for hydroxylation is 2. The van der Waals surface area contributed by atoms with Crippen molar-refractivity contribution in [3.05, 3.63) is 46.7 Å². The molecule has 0 saturated heterocycles. The standard InChI is InChI=1S/C18H20BF2N3O2/c1-9-6-12(19)16(22-8-9)23-15-11(7-10(2)13(20)14(15)21)17(25)24-26-18(3,4)5/h6-8H,1-5H3,(H,22,23)(H,24,25). The number of halogens is 2. The fraction of sp³-hybridized carbons (Fsp3) is 0.333. The van der Waals surface area contributed by atoms with E-state index >= 15 is 0 Å². The van der Waals surface area contributed by atoms with Gasteiger partial charge in [-0.2, -0.15) is 0 Å². The van der Waals surface area contributed by atoms with Crippen molar-refractivity contribution >= 4 is 30.7 Å². The van der Waals surface area contributed by atoms with Gasteiger partial charge in [-0.3, -0.25) is 9.63 Å². The summed E-state index contributed by atoms with van der Waals surface area (Å²) in [5, 5.41) is 2.61. The van der Waals surface area contributed by atoms with E-state index < -0.39 is 23.1 Å². The molecule has 0 aliphatic carbocycles. The summed E-state index contributed by atoms with van der Waals surface area (Å²) >= 11 is 0. The number of hydrogen-bond acceptors (Lipinski definition) is 4. The average Bonchev–Trinajstić information content (AvgIpc) is 2.54. The monoisotopic (exact) mass is 359 g/mol. The van der Waals surface area contributed by atoms with E-state index in [9.17, 15) is 13.6 Å². The second kappa shape index (κ2) is 7.41. The normalized spacial score (nSPS) is 11.3. The molecule has 5 nitrogen and oxygen atoms in total. The summed E-state index contributed by atoms with van der Waals surface area (Å²) in [6.07, 6.45) is 1.52. The van der Waals surface area contributed by atoms with Gasteiger partial charge in [-0.25, -0.2) is 19.2 Å². The molecule has 0 unspecified atom stereocenters. The fourth-order valence-electron chi connectivity index (χ4n) is 2.12. The van der Waals surface area contributed by atoms with Gasteiger partial charge in [0, 0.05) is 6.20 Å². The first-order chi connectivity index (χ1) is 12.0. The lowest BCUT2D eigenvalue weighted by Crippen LogP contribution is -2.34. The van der Waals surface area contributed by atoms with Gasteiger partial charge in [-0.15, -0.1) is 0 Å². The highest BCUT2D eigenvalue weighted by Crippen LogP contribution is 2.28. The Balaban J connectivity index is 2.46. The van der Waals surface area contributed by atoms with E-state index in [0.717, 1.165) is 5.56 Å². The lowest BCUT2D eigenvalue weighted by atomic mass is 9.95. The molecular weight excluding hydrogens is 339 g/mol. The molecule has 1 aromatic heterocycles. The topological polar surface area (TPSA) is 63.2 Å². The number of nitrogens with zero attached hydrogens (tertiary/aromatic N) is 1. The van der Waals surface area contributed by atoms with E-state index in [1.54, 1.807) is 33.8 Å². The first-order valence-corrected chi connectivity index (χ1v) is 7.95. The number of carbonyl (C=O) groups is 1. The Bertz CT molecular complexity index is 851. The van der Waals surface area contributed by atoms with E-state index in [0.29, 0.717) is 0 Å². The number of rotatable bonds is 4. The quantitative estimate of drug-likeness (QED) is 0.651. The summed E-state index contributed by atoms with van der Waals surface area (Å²) in [7, 11) is 5.86. The van der Waals surface area contributed by atoms with Crippen molar-refractivity contribution in [3.63, 3.8) is 0 Å². The number of aromatic nitrogens is 1. The number of benzene rings is 1. The molecule has 1 amide bonds. The molecule has 0 bridgehead atoms. The zero-order valence-corrected chi connectivity index (χ0v) is 15.3. The van der Waals surface area contributed by atoms with Crippen molar-refractivity contribution < 1.29 is 18.4 Å². The molecule has 0 spiro atoms. The number of pyridine rings is 1. The minimum atomic E-state index is -1.20. The molecule has 8 heteroatoms. The second-order valence-electron chi connectivity index (χ2n) is 6.97. The Morgan fingerprint density at radius 1 is 1.19 bits per heavy atom. The van der Waals surface area contributed by atoms with Crippen LogP contribution in [0.2, 0.25) is 0 Å². The summed E-state index contributed by atoms with van der Waals surface area (Å²) in [4.78, 5) is 21.7. The Hall–Kier alpha value is -2.48. The van der Waals surface area contributed by atoms with Gasteiger partial charge in [0.2, 0.25) is 0 Å². The van der Waals surface area contributed by atoms with E-state index in [2.05, 4.69) is 15.8 Å². The first kappa shape index (κ1) is 19.8. The lowest BCUT2D eigenvalue weighted by molar-refractivity contribution is -0.0589. The summed E-state index contributed by atoms with van der Waals surface area (Å²) in [6.45, 7) is 8.36. The smallest absolute Gasteiger partial charge is 0.277 e. The molecule has 2 rings (SSSR count). The van der Waals surface area contributed by atoms with Crippen LogP contribution < -0.4 is 16.3 Å². The summed E-state index contributed by atoms with van der Waals surface area (Å²) in [6, 6.07) is 2.85. The van der Waals surface area contributed by atoms with Gasteiger partial charge in [0.15, 0.2) is 11.6 Å². The fourth-order valence-corrected chi connectivity index (χ4v) is 2.12. The highest BCUT2D eigenvalue weighted by molar-refractivity contribution is 6.35. The largest absolute Gasteiger partial charge is 0.338 e. The number of carbonyl (C=O) groups excluding carboxylic acids is 1. The number of anilines is 2. The zero-order valence-electron chi connectivity index (χ0n) is 15.3. The molecule has 1 heterocycles. The maximum atomic E-state index is 14.5. The highest BCUT2D eigenvalue weighted by Gasteiger charge is 2.23. The van der Waals surface area contributed by atoms with Crippen LogP contribution in [-0.2, 0) is 4.84 Å². The van der Waals surface area contributed by atoms with Crippen LogP contribution in [-0.4, -0.2) is 24.3 Å². The van der Waals surface area contributed by atoms with Gasteiger partial charge in [-0.05, 0) is 51.8 Å². The van der Waals surface area contributed by atoms with Crippen molar-refractivity contribution in [1.29, 1.82) is 0 Å². The maximum absolute atomic E-state index is 14.5. The van der Waals surface area contributed by atoms with Crippen LogP contribution in [0.4, 0.5) is 20.3 Å². The van der Waals surface area contributed by atoms with Crippen LogP contribution in [0.25, 0.3) is 0 Å². The van der Waals surface area contributed by atoms with Gasteiger partial charge in [-0.1, -0.05) is 11.5 Å². The molecule has 0 atom stereocenters. The molecule has 0 fully saturated rings. The molecule has 0 aliphatic rings. The summed E-state index contributed by atoms with van der Waals surface area (Å²) < 4.78 is 28.6. The zero-order chi connectivity index (χ0) is 19.6. The van der Waals surface area contributed by atoms with Gasteiger partial charge in [0.25, 0.3) is 5.91 Å². The lowest BCUT2D eigenvalue weighted by Gasteiger charge is -2.20. The van der Waals surface area contributed by atoms with Gasteiger partial charge >= 0.3 is 0 Å². The van der Waals surface area contributed by atoms with Crippen LogP contribution in [0.1, 0.15) is 42.3 Å². The Morgan fingerprint density at radius 3 is 2.42 bits per heavy atom. The number of hydroxylamine groups is 1. The van der Waals surface area contributed by atoms with Crippen molar-refractivity contribution in [3.8, 4) is 0 Å². The van der Waals surface area contributed by atoms with Gasteiger partial charge < -0.3 is 5.32 Å². The Morgan fingerprint density at radius 2 is 1.85 bits per heavy atom. The van der Waals surface area contributed by atoms with Gasteiger partial charge in [0.05, 0.1) is 16.9 Å². The third-order valence-corrected chi connectivity index (χ3v) is 3.38. The van der Waals surface area contributed by atoms with Crippen molar-refractivity contribution in [2.45, 2.75) is 40.2 Å². The molecule has 0 saturated carbocycles. The van der Waals surface area contributed by atoms with Crippen LogP contribution in [0.15, 0.2) is 18.3 Å². The minimum absolute atomic E-state index is 0.0150.